The predicted molar refractivity (Wildman–Crippen MR) is 66.0 cm³/mol. The highest BCUT2D eigenvalue weighted by atomic mass is 79.9. The van der Waals surface area contributed by atoms with Crippen molar-refractivity contribution in [1.82, 2.24) is 10.6 Å². The number of rotatable bonds is 5. The molecule has 1 rings (SSSR count). The second-order valence-electron chi connectivity index (χ2n) is 3.97. The van der Waals surface area contributed by atoms with Crippen molar-refractivity contribution < 1.29 is 9.21 Å². The second kappa shape index (κ2) is 6.06. The summed E-state index contributed by atoms with van der Waals surface area (Å²) in [6.45, 7) is 6.25. The fourth-order valence-corrected chi connectivity index (χ4v) is 1.54. The smallest absolute Gasteiger partial charge is 0.237 e. The molecule has 5 heteroatoms. The highest BCUT2D eigenvalue weighted by Gasteiger charge is 2.13. The van der Waals surface area contributed by atoms with E-state index in [9.17, 15) is 4.79 Å². The molecule has 1 amide bonds. The Morgan fingerprint density at radius 3 is 2.62 bits per heavy atom. The lowest BCUT2D eigenvalue weighted by atomic mass is 10.2. The van der Waals surface area contributed by atoms with E-state index in [2.05, 4.69) is 26.6 Å². The van der Waals surface area contributed by atoms with Gasteiger partial charge in [0.2, 0.25) is 5.91 Å². The van der Waals surface area contributed by atoms with Crippen LogP contribution >= 0.6 is 15.9 Å². The maximum Gasteiger partial charge on any atom is 0.237 e. The van der Waals surface area contributed by atoms with E-state index in [0.29, 0.717) is 11.2 Å². The average Bonchev–Trinajstić information content (AvgIpc) is 2.59. The van der Waals surface area contributed by atoms with Crippen LogP contribution in [-0.2, 0) is 11.3 Å². The molecule has 1 atom stereocenters. The van der Waals surface area contributed by atoms with E-state index in [1.165, 1.54) is 0 Å². The van der Waals surface area contributed by atoms with Crippen molar-refractivity contribution in [1.29, 1.82) is 0 Å². The summed E-state index contributed by atoms with van der Waals surface area (Å²) in [6.07, 6.45) is 0. The van der Waals surface area contributed by atoms with Crippen LogP contribution in [0.4, 0.5) is 0 Å². The van der Waals surface area contributed by atoms with E-state index < -0.39 is 0 Å². The van der Waals surface area contributed by atoms with Crippen LogP contribution in [0.25, 0.3) is 0 Å². The zero-order valence-electron chi connectivity index (χ0n) is 9.71. The lowest BCUT2D eigenvalue weighted by Crippen LogP contribution is -2.44. The summed E-state index contributed by atoms with van der Waals surface area (Å²) in [4.78, 5) is 11.6. The minimum atomic E-state index is -0.230. The quantitative estimate of drug-likeness (QED) is 0.872. The Labute approximate surface area is 104 Å². The Morgan fingerprint density at radius 1 is 1.44 bits per heavy atom. The van der Waals surface area contributed by atoms with Crippen molar-refractivity contribution in [2.75, 3.05) is 0 Å². The van der Waals surface area contributed by atoms with Gasteiger partial charge >= 0.3 is 0 Å². The molecule has 1 aromatic heterocycles. The van der Waals surface area contributed by atoms with Gasteiger partial charge in [0.25, 0.3) is 0 Å². The number of carbonyl (C=O) groups is 1. The van der Waals surface area contributed by atoms with E-state index in [1.807, 2.05) is 32.9 Å². The van der Waals surface area contributed by atoms with E-state index in [0.717, 1.165) is 5.76 Å². The third kappa shape index (κ3) is 4.37. The van der Waals surface area contributed by atoms with E-state index in [4.69, 9.17) is 4.42 Å². The number of carbonyl (C=O) groups excluding carboxylic acids is 1. The molecule has 16 heavy (non-hydrogen) atoms. The van der Waals surface area contributed by atoms with Crippen LogP contribution in [0.15, 0.2) is 21.2 Å². The van der Waals surface area contributed by atoms with Gasteiger partial charge in [-0.25, -0.2) is 0 Å². The van der Waals surface area contributed by atoms with Crippen LogP contribution in [-0.4, -0.2) is 18.0 Å². The van der Waals surface area contributed by atoms with Crippen molar-refractivity contribution in [3.05, 3.63) is 22.6 Å². The molecule has 90 valence electrons. The van der Waals surface area contributed by atoms with E-state index >= 15 is 0 Å². The van der Waals surface area contributed by atoms with Gasteiger partial charge in [0.1, 0.15) is 5.76 Å². The van der Waals surface area contributed by atoms with Crippen molar-refractivity contribution in [3.63, 3.8) is 0 Å². The Hall–Kier alpha value is -0.810. The van der Waals surface area contributed by atoms with Gasteiger partial charge in [-0.05, 0) is 48.8 Å². The van der Waals surface area contributed by atoms with E-state index in [1.54, 1.807) is 0 Å². The molecule has 4 nitrogen and oxygen atoms in total. The number of furan rings is 1. The number of hydrogen-bond donors (Lipinski definition) is 2. The normalized spacial score (nSPS) is 12.8. The number of halogens is 1. The van der Waals surface area contributed by atoms with Gasteiger partial charge in [0.05, 0.1) is 12.6 Å². The second-order valence-corrected chi connectivity index (χ2v) is 4.75. The summed E-state index contributed by atoms with van der Waals surface area (Å²) in [5.41, 5.74) is 0. The lowest BCUT2D eigenvalue weighted by Gasteiger charge is -2.15. The molecule has 0 spiro atoms. The van der Waals surface area contributed by atoms with E-state index in [-0.39, 0.29) is 18.0 Å². The van der Waals surface area contributed by atoms with Gasteiger partial charge in [0.15, 0.2) is 4.67 Å². The monoisotopic (exact) mass is 288 g/mol. The topological polar surface area (TPSA) is 54.3 Å². The number of nitrogens with one attached hydrogen (secondary N) is 2. The zero-order chi connectivity index (χ0) is 12.1. The molecule has 2 N–H and O–H groups in total. The molecule has 0 saturated heterocycles. The molecule has 0 aliphatic carbocycles. The maximum absolute atomic E-state index is 11.6. The molecule has 1 aromatic rings. The summed E-state index contributed by atoms with van der Waals surface area (Å²) in [5.74, 6) is 0.802. The first kappa shape index (κ1) is 13.3. The third-order valence-electron chi connectivity index (χ3n) is 2.04. The van der Waals surface area contributed by atoms with Gasteiger partial charge in [-0.2, -0.15) is 0 Å². The summed E-state index contributed by atoms with van der Waals surface area (Å²) in [6, 6.07) is 3.63. The van der Waals surface area contributed by atoms with Crippen LogP contribution < -0.4 is 10.6 Å². The van der Waals surface area contributed by atoms with Crippen LogP contribution in [0.1, 0.15) is 26.5 Å². The number of amides is 1. The third-order valence-corrected chi connectivity index (χ3v) is 2.46. The van der Waals surface area contributed by atoms with Crippen LogP contribution in [0.3, 0.4) is 0 Å². The Kier molecular flexibility index (Phi) is 5.02. The summed E-state index contributed by atoms with van der Waals surface area (Å²) in [7, 11) is 0. The van der Waals surface area contributed by atoms with Crippen molar-refractivity contribution in [3.8, 4) is 0 Å². The van der Waals surface area contributed by atoms with Crippen molar-refractivity contribution in [2.45, 2.75) is 39.4 Å². The Bertz CT molecular complexity index is 350. The molecule has 0 radical (unpaired) electrons. The minimum Gasteiger partial charge on any atom is -0.453 e. The summed E-state index contributed by atoms with van der Waals surface area (Å²) >= 11 is 3.23. The first-order valence-electron chi connectivity index (χ1n) is 5.27. The molecule has 1 heterocycles. The van der Waals surface area contributed by atoms with Gasteiger partial charge in [-0.1, -0.05) is 0 Å². The standard InChI is InChI=1S/C11H17BrN2O2/c1-7(2)14-11(15)8(3)13-6-9-4-5-10(12)16-9/h4-5,7-8,13H,6H2,1-3H3,(H,14,15). The molecule has 1 unspecified atom stereocenters. The van der Waals surface area contributed by atoms with Gasteiger partial charge < -0.3 is 9.73 Å². The molecule has 0 aliphatic rings. The minimum absolute atomic E-state index is 0.000576. The maximum atomic E-state index is 11.6. The van der Waals surface area contributed by atoms with Crippen LogP contribution in [0.5, 0.6) is 0 Å². The van der Waals surface area contributed by atoms with Crippen LogP contribution in [0.2, 0.25) is 0 Å². The van der Waals surface area contributed by atoms with Crippen molar-refractivity contribution in [2.24, 2.45) is 0 Å². The molecule has 0 saturated carbocycles. The Morgan fingerprint density at radius 2 is 2.12 bits per heavy atom. The van der Waals surface area contributed by atoms with Crippen LogP contribution in [0, 0.1) is 0 Å². The van der Waals surface area contributed by atoms with Crippen molar-refractivity contribution >= 4 is 21.8 Å². The zero-order valence-corrected chi connectivity index (χ0v) is 11.3. The Balaban J connectivity index is 2.34. The first-order chi connectivity index (χ1) is 7.49. The fraction of sp³-hybridized carbons (Fsp3) is 0.545. The van der Waals surface area contributed by atoms with Gasteiger partial charge in [0, 0.05) is 6.04 Å². The van der Waals surface area contributed by atoms with Gasteiger partial charge in [-0.15, -0.1) is 0 Å². The predicted octanol–water partition coefficient (Wildman–Crippen LogP) is 2.04. The molecular weight excluding hydrogens is 272 g/mol. The SMILES string of the molecule is CC(C)NC(=O)C(C)NCc1ccc(Br)o1. The summed E-state index contributed by atoms with van der Waals surface area (Å²) < 4.78 is 6.01. The highest BCUT2D eigenvalue weighted by molar-refractivity contribution is 9.10. The number of hydrogen-bond acceptors (Lipinski definition) is 3. The average molecular weight is 289 g/mol. The first-order valence-corrected chi connectivity index (χ1v) is 6.06. The molecule has 0 aliphatic heterocycles. The highest BCUT2D eigenvalue weighted by Crippen LogP contribution is 2.13. The molecule has 0 bridgehead atoms. The fourth-order valence-electron chi connectivity index (χ4n) is 1.20. The largest absolute Gasteiger partial charge is 0.453 e. The van der Waals surface area contributed by atoms with Gasteiger partial charge in [-0.3, -0.25) is 10.1 Å². The molecule has 0 fully saturated rings. The molecular formula is C11H17BrN2O2. The lowest BCUT2D eigenvalue weighted by molar-refractivity contribution is -0.123. The summed E-state index contributed by atoms with van der Waals surface area (Å²) in [5, 5.41) is 5.93. The molecule has 0 aromatic carbocycles.